The summed E-state index contributed by atoms with van der Waals surface area (Å²) in [6, 6.07) is 5.03. The number of hydrogen-bond acceptors (Lipinski definition) is 5. The van der Waals surface area contributed by atoms with Crippen LogP contribution < -0.4 is 10.6 Å². The molecule has 3 aromatic rings. The van der Waals surface area contributed by atoms with E-state index in [1.165, 1.54) is 38.2 Å². The molecule has 0 spiro atoms. The lowest BCUT2D eigenvalue weighted by Gasteiger charge is -2.39. The van der Waals surface area contributed by atoms with Crippen molar-refractivity contribution in [3.63, 3.8) is 0 Å². The van der Waals surface area contributed by atoms with E-state index in [0.717, 1.165) is 10.7 Å². The van der Waals surface area contributed by atoms with E-state index >= 15 is 0 Å². The van der Waals surface area contributed by atoms with Crippen molar-refractivity contribution in [1.82, 2.24) is 20.1 Å². The maximum atomic E-state index is 13.7. The lowest BCUT2D eigenvalue weighted by molar-refractivity contribution is -0.140. The lowest BCUT2D eigenvalue weighted by Crippen LogP contribution is -2.51. The van der Waals surface area contributed by atoms with E-state index in [4.69, 9.17) is 11.6 Å². The molecule has 4 rings (SSSR count). The van der Waals surface area contributed by atoms with E-state index < -0.39 is 41.0 Å². The first kappa shape index (κ1) is 29.0. The predicted octanol–water partition coefficient (Wildman–Crippen LogP) is 6.36. The first-order valence-electron chi connectivity index (χ1n) is 12.4. The molecule has 0 bridgehead atoms. The summed E-state index contributed by atoms with van der Waals surface area (Å²) >= 11 is 6.10. The maximum Gasteiger partial charge on any atom is 0.433 e. The number of benzene rings is 1. The van der Waals surface area contributed by atoms with Crippen molar-refractivity contribution in [3.8, 4) is 0 Å². The molecule has 2 heterocycles. The van der Waals surface area contributed by atoms with E-state index in [1.807, 2.05) is 0 Å². The van der Waals surface area contributed by atoms with Crippen molar-refractivity contribution in [1.29, 1.82) is 0 Å². The highest BCUT2D eigenvalue weighted by Gasteiger charge is 2.37. The Kier molecular flexibility index (Phi) is 7.83. The monoisotopic (exact) mass is 573 g/mol. The Morgan fingerprint density at radius 3 is 2.64 bits per heavy atom. The van der Waals surface area contributed by atoms with Crippen LogP contribution in [0.15, 0.2) is 30.5 Å². The molecule has 1 aromatic carbocycles. The zero-order chi connectivity index (χ0) is 28.8. The van der Waals surface area contributed by atoms with Crippen LogP contribution in [-0.4, -0.2) is 43.0 Å². The Hall–Kier alpha value is -2.99. The van der Waals surface area contributed by atoms with Gasteiger partial charge in [-0.05, 0) is 70.7 Å². The largest absolute Gasteiger partial charge is 0.433 e. The SMILES string of the molecule is CC(C)(O)Cn1cc(C(=O)NC2(C)CCC[C@H](Nc3cc(C(F)(F)F)nc4ccc(Cl)cc34)C2)c(C(F)F)n1. The molecular weight excluding hydrogens is 545 g/mol. The van der Waals surface area contributed by atoms with Crippen LogP contribution in [0.25, 0.3) is 10.9 Å². The molecule has 2 atom stereocenters. The van der Waals surface area contributed by atoms with Crippen LogP contribution in [0.4, 0.5) is 27.6 Å². The highest BCUT2D eigenvalue weighted by molar-refractivity contribution is 6.31. The molecule has 0 aliphatic heterocycles. The Morgan fingerprint density at radius 2 is 2.00 bits per heavy atom. The van der Waals surface area contributed by atoms with Crippen molar-refractivity contribution < 1.29 is 31.9 Å². The summed E-state index contributed by atoms with van der Waals surface area (Å²) in [5.74, 6) is -0.740. The third-order valence-electron chi connectivity index (χ3n) is 6.60. The topological polar surface area (TPSA) is 92.1 Å². The normalized spacial score (nSPS) is 20.4. The Morgan fingerprint density at radius 1 is 1.28 bits per heavy atom. The smallest absolute Gasteiger partial charge is 0.389 e. The number of aliphatic hydroxyl groups is 1. The standard InChI is InChI=1S/C26H29ClF5N5O2/c1-24(2,39)13-37-12-17(21(36-37)22(28)29)23(38)35-25(3)8-4-5-15(11-25)33-19-10-20(26(30,31)32)34-18-7-6-14(27)9-16(18)19/h6-7,9-10,12,15,22,39H,4-5,8,11,13H2,1-3H3,(H,33,34)(H,35,38)/t15-,25?/m0/s1. The van der Waals surface area contributed by atoms with Gasteiger partial charge in [0.25, 0.3) is 12.3 Å². The molecule has 1 aliphatic carbocycles. The van der Waals surface area contributed by atoms with E-state index in [2.05, 4.69) is 20.7 Å². The third kappa shape index (κ3) is 6.96. The van der Waals surface area contributed by atoms with Gasteiger partial charge >= 0.3 is 6.18 Å². The number of halogens is 6. The molecule has 1 aliphatic rings. The number of alkyl halides is 5. The van der Waals surface area contributed by atoms with Gasteiger partial charge in [-0.25, -0.2) is 13.8 Å². The molecule has 0 radical (unpaired) electrons. The molecular formula is C26H29ClF5N5O2. The minimum atomic E-state index is -4.66. The van der Waals surface area contributed by atoms with Gasteiger partial charge in [0.2, 0.25) is 0 Å². The van der Waals surface area contributed by atoms with Gasteiger partial charge in [0.1, 0.15) is 11.4 Å². The second-order valence-electron chi connectivity index (χ2n) is 10.9. The summed E-state index contributed by atoms with van der Waals surface area (Å²) < 4.78 is 69.0. The van der Waals surface area contributed by atoms with Crippen LogP contribution in [0, 0.1) is 0 Å². The minimum absolute atomic E-state index is 0.0902. The number of amides is 1. The molecule has 212 valence electrons. The number of pyridine rings is 1. The van der Waals surface area contributed by atoms with Crippen molar-refractivity contribution >= 4 is 34.1 Å². The predicted molar refractivity (Wildman–Crippen MR) is 137 cm³/mol. The highest BCUT2D eigenvalue weighted by Crippen LogP contribution is 2.37. The fraction of sp³-hybridized carbons (Fsp3) is 0.500. The average molecular weight is 574 g/mol. The van der Waals surface area contributed by atoms with Crippen LogP contribution in [0.5, 0.6) is 0 Å². The van der Waals surface area contributed by atoms with Crippen molar-refractivity contribution in [2.75, 3.05) is 5.32 Å². The zero-order valence-corrected chi connectivity index (χ0v) is 22.3. The molecule has 3 N–H and O–H groups in total. The first-order chi connectivity index (χ1) is 18.0. The molecule has 2 aromatic heterocycles. The maximum absolute atomic E-state index is 13.7. The van der Waals surface area contributed by atoms with Gasteiger partial charge < -0.3 is 15.7 Å². The number of nitrogens with zero attached hydrogens (tertiary/aromatic N) is 3. The van der Waals surface area contributed by atoms with E-state index in [9.17, 15) is 31.9 Å². The third-order valence-corrected chi connectivity index (χ3v) is 6.84. The van der Waals surface area contributed by atoms with Crippen LogP contribution >= 0.6 is 11.6 Å². The summed E-state index contributed by atoms with van der Waals surface area (Å²) in [4.78, 5) is 16.8. The van der Waals surface area contributed by atoms with Gasteiger partial charge in [0, 0.05) is 33.9 Å². The van der Waals surface area contributed by atoms with Crippen molar-refractivity contribution in [2.24, 2.45) is 0 Å². The van der Waals surface area contributed by atoms with Crippen LogP contribution in [0.1, 0.15) is 74.6 Å². The molecule has 1 unspecified atom stereocenters. The Bertz CT molecular complexity index is 1370. The molecule has 7 nitrogen and oxygen atoms in total. The summed E-state index contributed by atoms with van der Waals surface area (Å²) in [6.45, 7) is 4.66. The molecule has 13 heteroatoms. The minimum Gasteiger partial charge on any atom is -0.389 e. The number of carbonyl (C=O) groups is 1. The van der Waals surface area contributed by atoms with Crippen molar-refractivity contribution in [2.45, 2.75) is 82.8 Å². The molecule has 1 fully saturated rings. The number of rotatable bonds is 7. The van der Waals surface area contributed by atoms with Crippen LogP contribution in [0.2, 0.25) is 5.02 Å². The van der Waals surface area contributed by atoms with Crippen molar-refractivity contribution in [3.05, 3.63) is 52.4 Å². The molecule has 1 saturated carbocycles. The van der Waals surface area contributed by atoms with E-state index in [-0.39, 0.29) is 29.4 Å². The Balaban J connectivity index is 1.56. The van der Waals surface area contributed by atoms with Crippen LogP contribution in [-0.2, 0) is 12.7 Å². The number of nitrogens with one attached hydrogen (secondary N) is 2. The van der Waals surface area contributed by atoms with Gasteiger partial charge in [0.05, 0.1) is 23.2 Å². The number of aromatic nitrogens is 3. The average Bonchev–Trinajstić information content (AvgIpc) is 3.21. The van der Waals surface area contributed by atoms with E-state index in [0.29, 0.717) is 36.1 Å². The van der Waals surface area contributed by atoms with Gasteiger partial charge in [-0.3, -0.25) is 9.48 Å². The summed E-state index contributed by atoms with van der Waals surface area (Å²) in [5.41, 5.74) is -3.76. The van der Waals surface area contributed by atoms with Gasteiger partial charge in [-0.2, -0.15) is 18.3 Å². The lowest BCUT2D eigenvalue weighted by atomic mass is 9.80. The number of hydrogen-bond donors (Lipinski definition) is 3. The second-order valence-corrected chi connectivity index (χ2v) is 11.3. The zero-order valence-electron chi connectivity index (χ0n) is 21.5. The van der Waals surface area contributed by atoms with Gasteiger partial charge in [0.15, 0.2) is 0 Å². The van der Waals surface area contributed by atoms with Gasteiger partial charge in [-0.1, -0.05) is 11.6 Å². The fourth-order valence-electron chi connectivity index (χ4n) is 5.00. The van der Waals surface area contributed by atoms with E-state index in [1.54, 1.807) is 6.92 Å². The molecule has 0 saturated heterocycles. The quantitative estimate of drug-likeness (QED) is 0.286. The number of fused-ring (bicyclic) bond motifs is 1. The van der Waals surface area contributed by atoms with Crippen LogP contribution in [0.3, 0.4) is 0 Å². The summed E-state index contributed by atoms with van der Waals surface area (Å²) in [6.07, 6.45) is -4.37. The Labute approximate surface area is 226 Å². The first-order valence-corrected chi connectivity index (χ1v) is 12.8. The molecule has 1 amide bonds. The summed E-state index contributed by atoms with van der Waals surface area (Å²) in [5, 5.41) is 20.6. The summed E-state index contributed by atoms with van der Waals surface area (Å²) in [7, 11) is 0. The number of carbonyl (C=O) groups excluding carboxylic acids is 1. The number of anilines is 1. The van der Waals surface area contributed by atoms with Gasteiger partial charge in [-0.15, -0.1) is 0 Å². The fourth-order valence-corrected chi connectivity index (χ4v) is 5.17. The molecule has 39 heavy (non-hydrogen) atoms. The highest BCUT2D eigenvalue weighted by atomic mass is 35.5. The second kappa shape index (κ2) is 10.5.